The lowest BCUT2D eigenvalue weighted by Gasteiger charge is -2.37. The summed E-state index contributed by atoms with van der Waals surface area (Å²) in [6.45, 7) is 4.91. The van der Waals surface area contributed by atoms with Crippen LogP contribution in [0.3, 0.4) is 0 Å². The lowest BCUT2D eigenvalue weighted by atomic mass is 10.1. The predicted molar refractivity (Wildman–Crippen MR) is 142 cm³/mol. The summed E-state index contributed by atoms with van der Waals surface area (Å²) >= 11 is 0. The smallest absolute Gasteiger partial charge is 0.248 e. The molecule has 1 N–H and O–H groups in total. The van der Waals surface area contributed by atoms with Crippen molar-refractivity contribution in [1.29, 1.82) is 0 Å². The second-order valence-corrected chi connectivity index (χ2v) is 8.70. The van der Waals surface area contributed by atoms with E-state index in [-0.39, 0.29) is 5.91 Å². The van der Waals surface area contributed by atoms with Crippen LogP contribution >= 0.6 is 0 Å². The maximum atomic E-state index is 12.8. The molecule has 4 aromatic rings. The van der Waals surface area contributed by atoms with Crippen LogP contribution in [-0.2, 0) is 11.2 Å². The van der Waals surface area contributed by atoms with Crippen LogP contribution in [0.4, 0.5) is 11.4 Å². The average Bonchev–Trinajstić information content (AvgIpc) is 2.92. The van der Waals surface area contributed by atoms with E-state index in [1.54, 1.807) is 12.3 Å². The number of rotatable bonds is 7. The van der Waals surface area contributed by atoms with Gasteiger partial charge >= 0.3 is 0 Å². The van der Waals surface area contributed by atoms with E-state index in [2.05, 4.69) is 43.3 Å². The van der Waals surface area contributed by atoms with Crippen molar-refractivity contribution in [2.24, 2.45) is 0 Å². The lowest BCUT2D eigenvalue weighted by molar-refractivity contribution is -0.111. The van der Waals surface area contributed by atoms with Crippen LogP contribution in [0.1, 0.15) is 11.1 Å². The van der Waals surface area contributed by atoms with E-state index < -0.39 is 0 Å². The number of anilines is 2. The Kier molecular flexibility index (Phi) is 7.10. The number of pyridine rings is 2. The number of aromatic nitrogens is 2. The molecule has 0 bridgehead atoms. The van der Waals surface area contributed by atoms with Gasteiger partial charge in [0.1, 0.15) is 0 Å². The number of hydrogen-bond donors (Lipinski definition) is 1. The van der Waals surface area contributed by atoms with Gasteiger partial charge in [0.2, 0.25) is 5.91 Å². The topological polar surface area (TPSA) is 61.4 Å². The molecule has 0 spiro atoms. The number of piperazine rings is 1. The van der Waals surface area contributed by atoms with E-state index in [4.69, 9.17) is 0 Å². The van der Waals surface area contributed by atoms with Gasteiger partial charge in [-0.1, -0.05) is 36.4 Å². The molecule has 0 unspecified atom stereocenters. The first kappa shape index (κ1) is 22.7. The number of nitrogens with zero attached hydrogens (tertiary/aromatic N) is 4. The van der Waals surface area contributed by atoms with Crippen LogP contribution in [0.25, 0.3) is 17.0 Å². The van der Waals surface area contributed by atoms with Crippen LogP contribution in [0.2, 0.25) is 0 Å². The summed E-state index contributed by atoms with van der Waals surface area (Å²) in [7, 11) is 0. The first-order chi connectivity index (χ1) is 17.3. The summed E-state index contributed by atoms with van der Waals surface area (Å²) in [4.78, 5) is 26.2. The summed E-state index contributed by atoms with van der Waals surface area (Å²) < 4.78 is 0. The molecule has 0 atom stereocenters. The number of benzene rings is 2. The van der Waals surface area contributed by atoms with Crippen LogP contribution in [0.5, 0.6) is 0 Å². The van der Waals surface area contributed by atoms with Gasteiger partial charge in [-0.25, -0.2) is 0 Å². The molecule has 1 aliphatic rings. The number of hydrogen-bond acceptors (Lipinski definition) is 5. The number of carbonyl (C=O) groups excluding carboxylic acids is 1. The molecule has 1 amide bonds. The Morgan fingerprint density at radius 3 is 2.54 bits per heavy atom. The van der Waals surface area contributed by atoms with Crippen molar-refractivity contribution in [3.63, 3.8) is 0 Å². The SMILES string of the molecule is O=C(/C=C/c1cccc2cccnc12)Nc1ccccc1N1CCN(CCc2ccncc2)CC1. The van der Waals surface area contributed by atoms with E-state index in [1.165, 1.54) is 5.56 Å². The van der Waals surface area contributed by atoms with Crippen LogP contribution in [-0.4, -0.2) is 53.5 Å². The Bertz CT molecular complexity index is 1310. The van der Waals surface area contributed by atoms with Gasteiger partial charge in [0.05, 0.1) is 16.9 Å². The predicted octanol–water partition coefficient (Wildman–Crippen LogP) is 4.65. The van der Waals surface area contributed by atoms with Gasteiger partial charge in [-0.05, 0) is 48.4 Å². The van der Waals surface area contributed by atoms with Crippen molar-refractivity contribution in [2.75, 3.05) is 42.9 Å². The van der Waals surface area contributed by atoms with Crippen molar-refractivity contribution >= 4 is 34.3 Å². The van der Waals surface area contributed by atoms with Crippen LogP contribution in [0.15, 0.2) is 91.4 Å². The fraction of sp³-hybridized carbons (Fsp3) is 0.207. The van der Waals surface area contributed by atoms with Gasteiger partial charge in [0.25, 0.3) is 0 Å². The normalized spacial score (nSPS) is 14.5. The van der Waals surface area contributed by atoms with E-state index in [1.807, 2.05) is 67.0 Å². The van der Waals surface area contributed by atoms with Crippen molar-refractivity contribution in [3.05, 3.63) is 103 Å². The zero-order valence-electron chi connectivity index (χ0n) is 19.7. The highest BCUT2D eigenvalue weighted by Crippen LogP contribution is 2.27. The van der Waals surface area contributed by atoms with Gasteiger partial charge in [0.15, 0.2) is 0 Å². The van der Waals surface area contributed by atoms with E-state index >= 15 is 0 Å². The molecule has 0 radical (unpaired) electrons. The molecule has 2 aromatic heterocycles. The average molecular weight is 464 g/mol. The largest absolute Gasteiger partial charge is 0.367 e. The second-order valence-electron chi connectivity index (χ2n) is 8.70. The van der Waals surface area contributed by atoms with Gasteiger partial charge < -0.3 is 10.2 Å². The van der Waals surface area contributed by atoms with Crippen molar-refractivity contribution < 1.29 is 4.79 Å². The van der Waals surface area contributed by atoms with E-state index in [9.17, 15) is 4.79 Å². The Hall–Kier alpha value is -4.03. The molecular weight excluding hydrogens is 434 g/mol. The first-order valence-corrected chi connectivity index (χ1v) is 12.0. The molecule has 1 fully saturated rings. The third-order valence-electron chi connectivity index (χ3n) is 6.42. The fourth-order valence-corrected chi connectivity index (χ4v) is 4.51. The number of para-hydroxylation sites is 3. The molecule has 3 heterocycles. The number of nitrogens with one attached hydrogen (secondary N) is 1. The molecule has 2 aromatic carbocycles. The Morgan fingerprint density at radius 2 is 1.69 bits per heavy atom. The molecule has 0 saturated carbocycles. The van der Waals surface area contributed by atoms with Crippen LogP contribution < -0.4 is 10.2 Å². The molecule has 0 aliphatic carbocycles. The zero-order chi connectivity index (χ0) is 23.9. The quantitative estimate of drug-likeness (QED) is 0.405. The number of fused-ring (bicyclic) bond motifs is 1. The maximum Gasteiger partial charge on any atom is 0.248 e. The minimum absolute atomic E-state index is 0.152. The highest BCUT2D eigenvalue weighted by Gasteiger charge is 2.19. The van der Waals surface area contributed by atoms with Crippen molar-refractivity contribution in [3.8, 4) is 0 Å². The van der Waals surface area contributed by atoms with Crippen molar-refractivity contribution in [1.82, 2.24) is 14.9 Å². The molecule has 176 valence electrons. The molecular formula is C29H29N5O. The molecule has 5 rings (SSSR count). The highest BCUT2D eigenvalue weighted by atomic mass is 16.1. The van der Waals surface area contributed by atoms with Gasteiger partial charge in [0, 0.05) is 68.3 Å². The molecule has 6 nitrogen and oxygen atoms in total. The maximum absolute atomic E-state index is 12.8. The monoisotopic (exact) mass is 463 g/mol. The summed E-state index contributed by atoms with van der Waals surface area (Å²) in [5, 5.41) is 4.13. The molecule has 6 heteroatoms. The lowest BCUT2D eigenvalue weighted by Crippen LogP contribution is -2.47. The number of amides is 1. The van der Waals surface area contributed by atoms with E-state index in [0.717, 1.165) is 67.0 Å². The third-order valence-corrected chi connectivity index (χ3v) is 6.42. The summed E-state index contributed by atoms with van der Waals surface area (Å²) in [6, 6.07) is 22.1. The second kappa shape index (κ2) is 10.9. The third kappa shape index (κ3) is 5.73. The minimum Gasteiger partial charge on any atom is -0.367 e. The minimum atomic E-state index is -0.152. The molecule has 35 heavy (non-hydrogen) atoms. The highest BCUT2D eigenvalue weighted by molar-refractivity contribution is 6.04. The van der Waals surface area contributed by atoms with Gasteiger partial charge in [-0.3, -0.25) is 19.7 Å². The molecule has 1 saturated heterocycles. The van der Waals surface area contributed by atoms with Crippen LogP contribution in [0, 0.1) is 0 Å². The Labute approximate surface area is 205 Å². The Morgan fingerprint density at radius 1 is 0.886 bits per heavy atom. The van der Waals surface area contributed by atoms with E-state index in [0.29, 0.717) is 0 Å². The van der Waals surface area contributed by atoms with Gasteiger partial charge in [-0.2, -0.15) is 0 Å². The molecule has 1 aliphatic heterocycles. The summed E-state index contributed by atoms with van der Waals surface area (Å²) in [6.07, 6.45) is 9.92. The zero-order valence-corrected chi connectivity index (χ0v) is 19.7. The fourth-order valence-electron chi connectivity index (χ4n) is 4.51. The summed E-state index contributed by atoms with van der Waals surface area (Å²) in [5.41, 5.74) is 5.04. The standard InChI is InChI=1S/C29H29N5O/c35-28(11-10-25-6-3-5-24-7-4-15-31-29(24)25)32-26-8-1-2-9-27(26)34-21-19-33(20-22-34)18-14-23-12-16-30-17-13-23/h1-13,15-17H,14,18-22H2,(H,32,35)/b11-10+. The van der Waals surface area contributed by atoms with Gasteiger partial charge in [-0.15, -0.1) is 0 Å². The van der Waals surface area contributed by atoms with Crippen molar-refractivity contribution in [2.45, 2.75) is 6.42 Å². The summed E-state index contributed by atoms with van der Waals surface area (Å²) in [5.74, 6) is -0.152. The number of carbonyl (C=O) groups is 1. The Balaban J connectivity index is 1.20. The first-order valence-electron chi connectivity index (χ1n) is 12.0.